The molecule has 1 heterocycles. The van der Waals surface area contributed by atoms with Crippen molar-refractivity contribution in [1.29, 1.82) is 0 Å². The van der Waals surface area contributed by atoms with Gasteiger partial charge in [0.2, 0.25) is 0 Å². The zero-order chi connectivity index (χ0) is 14.8. The third-order valence-corrected chi connectivity index (χ3v) is 3.95. The number of aromatic nitrogens is 2. The number of benzene rings is 2. The van der Waals surface area contributed by atoms with Crippen LogP contribution >= 0.6 is 15.9 Å². The Morgan fingerprint density at radius 3 is 2.90 bits per heavy atom. The second kappa shape index (κ2) is 5.87. The molecule has 4 nitrogen and oxygen atoms in total. The van der Waals surface area contributed by atoms with Crippen LogP contribution in [0.1, 0.15) is 24.4 Å². The van der Waals surface area contributed by atoms with Gasteiger partial charge < -0.3 is 15.4 Å². The topological polar surface area (TPSA) is 60.9 Å². The molecule has 0 saturated heterocycles. The molecule has 5 heteroatoms. The van der Waals surface area contributed by atoms with E-state index in [0.717, 1.165) is 26.9 Å². The summed E-state index contributed by atoms with van der Waals surface area (Å²) < 4.78 is 0.952. The predicted molar refractivity (Wildman–Crippen MR) is 87.2 cm³/mol. The smallest absolute Gasteiger partial charge is 0.124 e. The number of rotatable bonds is 4. The molecule has 0 spiro atoms. The molecule has 0 radical (unpaired) electrons. The molecule has 3 N–H and O–H groups in total. The number of phenols is 1. The van der Waals surface area contributed by atoms with E-state index in [1.54, 1.807) is 6.07 Å². The van der Waals surface area contributed by atoms with Crippen LogP contribution in [-0.4, -0.2) is 15.1 Å². The Morgan fingerprint density at radius 2 is 2.10 bits per heavy atom. The van der Waals surface area contributed by atoms with Gasteiger partial charge in [0, 0.05) is 16.6 Å². The number of para-hydroxylation sites is 2. The summed E-state index contributed by atoms with van der Waals surface area (Å²) in [6, 6.07) is 13.4. The Kier molecular flexibility index (Phi) is 3.94. The van der Waals surface area contributed by atoms with Gasteiger partial charge in [0.1, 0.15) is 11.6 Å². The fraction of sp³-hybridized carbons (Fsp3) is 0.188. The Labute approximate surface area is 131 Å². The highest BCUT2D eigenvalue weighted by molar-refractivity contribution is 9.10. The third-order valence-electron chi connectivity index (χ3n) is 3.46. The molecule has 3 rings (SSSR count). The minimum atomic E-state index is 0.0655. The lowest BCUT2D eigenvalue weighted by Crippen LogP contribution is -2.19. The molecular weight excluding hydrogens is 330 g/mol. The van der Waals surface area contributed by atoms with Crippen molar-refractivity contribution in [3.63, 3.8) is 0 Å². The van der Waals surface area contributed by atoms with Gasteiger partial charge in [-0.2, -0.15) is 0 Å². The zero-order valence-electron chi connectivity index (χ0n) is 11.6. The number of halogens is 1. The molecular formula is C16H16BrN3O. The number of nitrogens with zero attached hydrogens (tertiary/aromatic N) is 1. The number of H-pyrrole nitrogens is 1. The fourth-order valence-electron chi connectivity index (χ4n) is 2.23. The van der Waals surface area contributed by atoms with Crippen LogP contribution in [0.3, 0.4) is 0 Å². The molecule has 0 amide bonds. The number of imidazole rings is 1. The molecule has 1 aromatic heterocycles. The normalized spacial score (nSPS) is 12.7. The fourth-order valence-corrected chi connectivity index (χ4v) is 2.64. The van der Waals surface area contributed by atoms with Crippen LogP contribution in [0.2, 0.25) is 0 Å². The zero-order valence-corrected chi connectivity index (χ0v) is 13.2. The van der Waals surface area contributed by atoms with Crippen LogP contribution in [0.4, 0.5) is 0 Å². The largest absolute Gasteiger partial charge is 0.508 e. The van der Waals surface area contributed by atoms with Crippen molar-refractivity contribution in [2.75, 3.05) is 0 Å². The maximum atomic E-state index is 9.85. The molecule has 3 aromatic rings. The van der Waals surface area contributed by atoms with E-state index in [0.29, 0.717) is 12.3 Å². The second-order valence-corrected chi connectivity index (χ2v) is 5.93. The summed E-state index contributed by atoms with van der Waals surface area (Å²) >= 11 is 3.41. The average Bonchev–Trinajstić information content (AvgIpc) is 2.92. The van der Waals surface area contributed by atoms with Gasteiger partial charge in [0.15, 0.2) is 0 Å². The maximum Gasteiger partial charge on any atom is 0.124 e. The van der Waals surface area contributed by atoms with E-state index in [2.05, 4.69) is 31.2 Å². The number of fused-ring (bicyclic) bond motifs is 1. The van der Waals surface area contributed by atoms with E-state index in [1.165, 1.54) is 0 Å². The van der Waals surface area contributed by atoms with Crippen molar-refractivity contribution >= 4 is 27.0 Å². The van der Waals surface area contributed by atoms with Crippen molar-refractivity contribution < 1.29 is 5.11 Å². The van der Waals surface area contributed by atoms with E-state index in [-0.39, 0.29) is 6.04 Å². The molecule has 0 aliphatic heterocycles. The molecule has 1 atom stereocenters. The van der Waals surface area contributed by atoms with Gasteiger partial charge in [0.05, 0.1) is 17.1 Å². The standard InChI is InChI=1S/C16H16BrN3O/c1-10(16-19-13-4-2-3-5-14(13)20-16)18-9-11-8-12(17)6-7-15(11)21/h2-8,10,18,21H,9H2,1H3,(H,19,20). The summed E-state index contributed by atoms with van der Waals surface area (Å²) in [5.74, 6) is 1.19. The molecule has 21 heavy (non-hydrogen) atoms. The van der Waals surface area contributed by atoms with Crippen LogP contribution in [0, 0.1) is 0 Å². The second-order valence-electron chi connectivity index (χ2n) is 5.01. The van der Waals surface area contributed by atoms with Crippen LogP contribution in [-0.2, 0) is 6.54 Å². The number of aromatic hydroxyl groups is 1. The van der Waals surface area contributed by atoms with Gasteiger partial charge in [-0.25, -0.2) is 4.98 Å². The first-order valence-corrected chi connectivity index (χ1v) is 7.58. The summed E-state index contributed by atoms with van der Waals surface area (Å²) in [5.41, 5.74) is 2.85. The highest BCUT2D eigenvalue weighted by Crippen LogP contribution is 2.23. The molecule has 0 fully saturated rings. The lowest BCUT2D eigenvalue weighted by atomic mass is 10.2. The van der Waals surface area contributed by atoms with Gasteiger partial charge in [-0.15, -0.1) is 0 Å². The number of hydrogen-bond donors (Lipinski definition) is 3. The van der Waals surface area contributed by atoms with Crippen molar-refractivity contribution in [2.45, 2.75) is 19.5 Å². The predicted octanol–water partition coefficient (Wildman–Crippen LogP) is 3.88. The average molecular weight is 346 g/mol. The summed E-state index contributed by atoms with van der Waals surface area (Å²) in [6.45, 7) is 2.62. The quantitative estimate of drug-likeness (QED) is 0.672. The van der Waals surface area contributed by atoms with Crippen LogP contribution < -0.4 is 5.32 Å². The van der Waals surface area contributed by atoms with Crippen molar-refractivity contribution in [3.8, 4) is 5.75 Å². The number of aromatic amines is 1. The van der Waals surface area contributed by atoms with E-state index in [4.69, 9.17) is 0 Å². The third kappa shape index (κ3) is 3.09. The molecule has 1 unspecified atom stereocenters. The molecule has 0 saturated carbocycles. The molecule has 108 valence electrons. The monoisotopic (exact) mass is 345 g/mol. The first-order chi connectivity index (χ1) is 10.1. The Morgan fingerprint density at radius 1 is 1.29 bits per heavy atom. The minimum absolute atomic E-state index is 0.0655. The molecule has 2 aromatic carbocycles. The molecule has 0 aliphatic carbocycles. The van der Waals surface area contributed by atoms with Crippen LogP contribution in [0.25, 0.3) is 11.0 Å². The lowest BCUT2D eigenvalue weighted by Gasteiger charge is -2.12. The number of phenolic OH excluding ortho intramolecular Hbond substituents is 1. The Bertz CT molecular complexity index is 736. The van der Waals surface area contributed by atoms with Gasteiger partial charge >= 0.3 is 0 Å². The molecule has 0 aliphatic rings. The highest BCUT2D eigenvalue weighted by atomic mass is 79.9. The summed E-state index contributed by atoms with van der Waals surface area (Å²) in [7, 11) is 0. The summed E-state index contributed by atoms with van der Waals surface area (Å²) in [6.07, 6.45) is 0. The van der Waals surface area contributed by atoms with E-state index in [1.807, 2.05) is 43.3 Å². The lowest BCUT2D eigenvalue weighted by molar-refractivity contribution is 0.458. The van der Waals surface area contributed by atoms with Crippen LogP contribution in [0.5, 0.6) is 5.75 Å². The Balaban J connectivity index is 1.74. The van der Waals surface area contributed by atoms with E-state index in [9.17, 15) is 5.11 Å². The van der Waals surface area contributed by atoms with Gasteiger partial charge in [0.25, 0.3) is 0 Å². The number of nitrogens with one attached hydrogen (secondary N) is 2. The van der Waals surface area contributed by atoms with Gasteiger partial charge in [-0.05, 0) is 37.3 Å². The summed E-state index contributed by atoms with van der Waals surface area (Å²) in [4.78, 5) is 7.89. The van der Waals surface area contributed by atoms with Crippen molar-refractivity contribution in [1.82, 2.24) is 15.3 Å². The maximum absolute atomic E-state index is 9.85. The first kappa shape index (κ1) is 14.1. The van der Waals surface area contributed by atoms with Gasteiger partial charge in [-0.3, -0.25) is 0 Å². The SMILES string of the molecule is CC(NCc1cc(Br)ccc1O)c1nc2ccccc2[nH]1. The van der Waals surface area contributed by atoms with Crippen molar-refractivity contribution in [2.24, 2.45) is 0 Å². The minimum Gasteiger partial charge on any atom is -0.508 e. The first-order valence-electron chi connectivity index (χ1n) is 6.79. The van der Waals surface area contributed by atoms with Gasteiger partial charge in [-0.1, -0.05) is 28.1 Å². The number of hydrogen-bond acceptors (Lipinski definition) is 3. The van der Waals surface area contributed by atoms with E-state index >= 15 is 0 Å². The van der Waals surface area contributed by atoms with E-state index < -0.39 is 0 Å². The molecule has 0 bridgehead atoms. The van der Waals surface area contributed by atoms with Crippen molar-refractivity contribution in [3.05, 3.63) is 58.3 Å². The highest BCUT2D eigenvalue weighted by Gasteiger charge is 2.11. The summed E-state index contributed by atoms with van der Waals surface area (Å²) in [5, 5.41) is 13.2. The Hall–Kier alpha value is -1.85. The van der Waals surface area contributed by atoms with Crippen LogP contribution in [0.15, 0.2) is 46.9 Å².